The van der Waals surface area contributed by atoms with E-state index in [2.05, 4.69) is 41.1 Å². The molecule has 3 aromatic rings. The molecule has 1 fully saturated rings. The van der Waals surface area contributed by atoms with Gasteiger partial charge in [-0.25, -0.2) is 0 Å². The van der Waals surface area contributed by atoms with E-state index in [-0.39, 0.29) is 16.9 Å². The minimum absolute atomic E-state index is 0.183. The van der Waals surface area contributed by atoms with Gasteiger partial charge in [0.25, 0.3) is 5.91 Å². The summed E-state index contributed by atoms with van der Waals surface area (Å²) in [7, 11) is 0. The summed E-state index contributed by atoms with van der Waals surface area (Å²) in [6, 6.07) is 15.8. The molecule has 1 amide bonds. The standard InChI is InChI=1S/C22H23N3O2/c1-16-5-4-6-17(13-16)15-24-9-11-25(12-10-24)22(27)19-14-23-20-8-3-2-7-18(20)21(19)26/h2-8,13-14H,9-12,15H2,1H3,(H,23,26). The minimum atomic E-state index is -0.198. The number of H-pyrrole nitrogens is 1. The van der Waals surface area contributed by atoms with Gasteiger partial charge in [-0.15, -0.1) is 0 Å². The number of aromatic nitrogens is 1. The number of rotatable bonds is 3. The summed E-state index contributed by atoms with van der Waals surface area (Å²) in [5.74, 6) is -0.183. The number of amides is 1. The van der Waals surface area contributed by atoms with E-state index in [1.807, 2.05) is 18.2 Å². The number of hydrogen-bond donors (Lipinski definition) is 1. The maximum absolute atomic E-state index is 12.9. The summed E-state index contributed by atoms with van der Waals surface area (Å²) >= 11 is 0. The fourth-order valence-corrected chi connectivity index (χ4v) is 3.67. The van der Waals surface area contributed by atoms with Crippen LogP contribution in [0.15, 0.2) is 59.5 Å². The monoisotopic (exact) mass is 361 g/mol. The lowest BCUT2D eigenvalue weighted by molar-refractivity contribution is 0.0627. The number of aryl methyl sites for hydroxylation is 1. The Morgan fingerprint density at radius 1 is 1.04 bits per heavy atom. The van der Waals surface area contributed by atoms with Crippen molar-refractivity contribution in [3.63, 3.8) is 0 Å². The van der Waals surface area contributed by atoms with Crippen LogP contribution < -0.4 is 5.43 Å². The zero-order valence-electron chi connectivity index (χ0n) is 15.4. The Hall–Kier alpha value is -2.92. The lowest BCUT2D eigenvalue weighted by atomic mass is 10.1. The van der Waals surface area contributed by atoms with Crippen LogP contribution in [-0.4, -0.2) is 46.9 Å². The first-order chi connectivity index (χ1) is 13.1. The van der Waals surface area contributed by atoms with E-state index in [1.54, 1.807) is 17.2 Å². The highest BCUT2D eigenvalue weighted by Crippen LogP contribution is 2.13. The number of carbonyl (C=O) groups excluding carboxylic acids is 1. The molecule has 27 heavy (non-hydrogen) atoms. The molecule has 138 valence electrons. The number of nitrogens with zero attached hydrogens (tertiary/aromatic N) is 2. The van der Waals surface area contributed by atoms with Crippen molar-refractivity contribution in [1.29, 1.82) is 0 Å². The second-order valence-corrected chi connectivity index (χ2v) is 7.13. The quantitative estimate of drug-likeness (QED) is 0.780. The van der Waals surface area contributed by atoms with Crippen LogP contribution in [-0.2, 0) is 6.54 Å². The molecule has 1 aliphatic heterocycles. The zero-order valence-corrected chi connectivity index (χ0v) is 15.4. The van der Waals surface area contributed by atoms with Gasteiger partial charge in [-0.3, -0.25) is 14.5 Å². The van der Waals surface area contributed by atoms with Crippen LogP contribution >= 0.6 is 0 Å². The average Bonchev–Trinajstić information content (AvgIpc) is 2.69. The molecule has 0 aliphatic carbocycles. The summed E-state index contributed by atoms with van der Waals surface area (Å²) in [6.07, 6.45) is 1.55. The van der Waals surface area contributed by atoms with Crippen molar-refractivity contribution in [2.75, 3.05) is 26.2 Å². The smallest absolute Gasteiger partial charge is 0.259 e. The highest BCUT2D eigenvalue weighted by Gasteiger charge is 2.24. The normalized spacial score (nSPS) is 15.2. The molecule has 4 rings (SSSR count). The number of benzene rings is 2. The number of hydrogen-bond acceptors (Lipinski definition) is 3. The van der Waals surface area contributed by atoms with Gasteiger partial charge in [0.05, 0.1) is 0 Å². The van der Waals surface area contributed by atoms with Crippen molar-refractivity contribution in [2.24, 2.45) is 0 Å². The first kappa shape index (κ1) is 17.5. The van der Waals surface area contributed by atoms with Crippen LogP contribution in [0, 0.1) is 6.92 Å². The molecule has 5 heteroatoms. The molecule has 1 saturated heterocycles. The van der Waals surface area contributed by atoms with E-state index in [0.29, 0.717) is 18.5 Å². The van der Waals surface area contributed by atoms with Gasteiger partial charge in [-0.1, -0.05) is 42.0 Å². The number of pyridine rings is 1. The Morgan fingerprint density at radius 2 is 1.81 bits per heavy atom. The highest BCUT2D eigenvalue weighted by atomic mass is 16.2. The van der Waals surface area contributed by atoms with Gasteiger partial charge in [-0.2, -0.15) is 0 Å². The van der Waals surface area contributed by atoms with Crippen molar-refractivity contribution in [3.05, 3.63) is 81.6 Å². The summed E-state index contributed by atoms with van der Waals surface area (Å²) in [5.41, 5.74) is 3.33. The molecule has 1 N–H and O–H groups in total. The topological polar surface area (TPSA) is 56.4 Å². The van der Waals surface area contributed by atoms with E-state index < -0.39 is 0 Å². The van der Waals surface area contributed by atoms with Gasteiger partial charge < -0.3 is 9.88 Å². The van der Waals surface area contributed by atoms with Gasteiger partial charge in [0.1, 0.15) is 5.56 Å². The Morgan fingerprint density at radius 3 is 2.59 bits per heavy atom. The summed E-state index contributed by atoms with van der Waals surface area (Å²) in [6.45, 7) is 5.88. The Kier molecular flexibility index (Phi) is 4.77. The second kappa shape index (κ2) is 7.37. The SMILES string of the molecule is Cc1cccc(CN2CCN(C(=O)c3c[nH]c4ccccc4c3=O)CC2)c1. The van der Waals surface area contributed by atoms with Crippen molar-refractivity contribution >= 4 is 16.8 Å². The van der Waals surface area contributed by atoms with Crippen LogP contribution in [0.4, 0.5) is 0 Å². The molecule has 2 aromatic carbocycles. The zero-order chi connectivity index (χ0) is 18.8. The first-order valence-electron chi connectivity index (χ1n) is 9.29. The maximum atomic E-state index is 12.9. The molecule has 0 atom stereocenters. The number of piperazine rings is 1. The lowest BCUT2D eigenvalue weighted by Gasteiger charge is -2.34. The van der Waals surface area contributed by atoms with Crippen molar-refractivity contribution in [3.8, 4) is 0 Å². The van der Waals surface area contributed by atoms with Crippen molar-refractivity contribution in [2.45, 2.75) is 13.5 Å². The van der Waals surface area contributed by atoms with Crippen LogP contribution in [0.3, 0.4) is 0 Å². The molecular formula is C22H23N3O2. The van der Waals surface area contributed by atoms with Gasteiger partial charge in [-0.05, 0) is 24.6 Å². The summed E-state index contributed by atoms with van der Waals surface area (Å²) in [4.78, 5) is 32.7. The largest absolute Gasteiger partial charge is 0.360 e. The number of aromatic amines is 1. The third kappa shape index (κ3) is 3.64. The molecule has 1 aromatic heterocycles. The predicted molar refractivity (Wildman–Crippen MR) is 107 cm³/mol. The van der Waals surface area contributed by atoms with Crippen LogP contribution in [0.5, 0.6) is 0 Å². The Labute approximate surface area is 158 Å². The van der Waals surface area contributed by atoms with Crippen LogP contribution in [0.25, 0.3) is 10.9 Å². The van der Waals surface area contributed by atoms with Gasteiger partial charge in [0.15, 0.2) is 0 Å². The fourth-order valence-electron chi connectivity index (χ4n) is 3.67. The van der Waals surface area contributed by atoms with Gasteiger partial charge in [0.2, 0.25) is 5.43 Å². The van der Waals surface area contributed by atoms with Crippen molar-refractivity contribution < 1.29 is 4.79 Å². The fraction of sp³-hybridized carbons (Fsp3) is 0.273. The number of fused-ring (bicyclic) bond motifs is 1. The Bertz CT molecular complexity index is 1030. The molecular weight excluding hydrogens is 338 g/mol. The van der Waals surface area contributed by atoms with Gasteiger partial charge in [0, 0.05) is 49.8 Å². The molecule has 5 nitrogen and oxygen atoms in total. The third-order valence-corrected chi connectivity index (χ3v) is 5.17. The molecule has 0 radical (unpaired) electrons. The molecule has 0 saturated carbocycles. The molecule has 2 heterocycles. The van der Waals surface area contributed by atoms with Crippen LogP contribution in [0.2, 0.25) is 0 Å². The highest BCUT2D eigenvalue weighted by molar-refractivity contribution is 5.97. The van der Waals surface area contributed by atoms with E-state index in [0.717, 1.165) is 25.2 Å². The molecule has 0 spiro atoms. The summed E-state index contributed by atoms with van der Waals surface area (Å²) < 4.78 is 0. The third-order valence-electron chi connectivity index (χ3n) is 5.17. The average molecular weight is 361 g/mol. The van der Waals surface area contributed by atoms with E-state index in [9.17, 15) is 9.59 Å². The second-order valence-electron chi connectivity index (χ2n) is 7.13. The van der Waals surface area contributed by atoms with E-state index in [1.165, 1.54) is 11.1 Å². The van der Waals surface area contributed by atoms with Crippen molar-refractivity contribution in [1.82, 2.24) is 14.8 Å². The molecule has 0 unspecified atom stereocenters. The molecule has 1 aliphatic rings. The van der Waals surface area contributed by atoms with E-state index >= 15 is 0 Å². The number of para-hydroxylation sites is 1. The first-order valence-corrected chi connectivity index (χ1v) is 9.29. The van der Waals surface area contributed by atoms with E-state index in [4.69, 9.17) is 0 Å². The predicted octanol–water partition coefficient (Wildman–Crippen LogP) is 2.79. The minimum Gasteiger partial charge on any atom is -0.360 e. The van der Waals surface area contributed by atoms with Gasteiger partial charge >= 0.3 is 0 Å². The lowest BCUT2D eigenvalue weighted by Crippen LogP contribution is -2.49. The van der Waals surface area contributed by atoms with Crippen LogP contribution in [0.1, 0.15) is 21.5 Å². The number of nitrogens with one attached hydrogen (secondary N) is 1. The Balaban J connectivity index is 1.44. The number of carbonyl (C=O) groups is 1. The maximum Gasteiger partial charge on any atom is 0.259 e. The summed E-state index contributed by atoms with van der Waals surface area (Å²) in [5, 5.41) is 0.557. The molecule has 0 bridgehead atoms.